The highest BCUT2D eigenvalue weighted by Crippen LogP contribution is 2.35. The Balaban J connectivity index is 1.68. The number of benzene rings is 1. The zero-order valence-corrected chi connectivity index (χ0v) is 13.5. The van der Waals surface area contributed by atoms with Crippen molar-refractivity contribution in [1.29, 1.82) is 0 Å². The van der Waals surface area contributed by atoms with Crippen LogP contribution in [0.15, 0.2) is 22.7 Å². The van der Waals surface area contributed by atoms with Crippen molar-refractivity contribution in [3.05, 3.63) is 34.1 Å². The first kappa shape index (κ1) is 14.5. The summed E-state index contributed by atoms with van der Waals surface area (Å²) >= 11 is 3.57. The van der Waals surface area contributed by atoms with Gasteiger partial charge >= 0.3 is 0 Å². The molecule has 2 saturated carbocycles. The molecule has 0 heterocycles. The summed E-state index contributed by atoms with van der Waals surface area (Å²) in [5, 5.41) is 3.68. The number of rotatable bonds is 6. The molecule has 3 heteroatoms. The Morgan fingerprint density at radius 1 is 1.20 bits per heavy atom. The van der Waals surface area contributed by atoms with E-state index in [4.69, 9.17) is 0 Å². The second-order valence-electron chi connectivity index (χ2n) is 6.43. The number of halogens is 2. The Morgan fingerprint density at radius 3 is 2.65 bits per heavy atom. The van der Waals surface area contributed by atoms with Gasteiger partial charge in [0.15, 0.2) is 0 Å². The zero-order chi connectivity index (χ0) is 13.9. The Kier molecular flexibility index (Phi) is 4.77. The van der Waals surface area contributed by atoms with Crippen molar-refractivity contribution in [3.63, 3.8) is 0 Å². The molecule has 1 atom stereocenters. The first-order chi connectivity index (χ1) is 9.72. The van der Waals surface area contributed by atoms with E-state index in [-0.39, 0.29) is 5.82 Å². The van der Waals surface area contributed by atoms with Crippen LogP contribution >= 0.6 is 15.9 Å². The molecule has 110 valence electrons. The highest BCUT2D eigenvalue weighted by Gasteiger charge is 2.28. The zero-order valence-electron chi connectivity index (χ0n) is 11.9. The summed E-state index contributed by atoms with van der Waals surface area (Å²) in [4.78, 5) is 0. The minimum atomic E-state index is -0.122. The van der Waals surface area contributed by atoms with Gasteiger partial charge < -0.3 is 5.32 Å². The summed E-state index contributed by atoms with van der Waals surface area (Å²) in [6.07, 6.45) is 9.10. The molecule has 1 aromatic rings. The van der Waals surface area contributed by atoms with Gasteiger partial charge in [-0.3, -0.25) is 0 Å². The summed E-state index contributed by atoms with van der Waals surface area (Å²) in [6.45, 7) is 1.10. The monoisotopic (exact) mass is 339 g/mol. The van der Waals surface area contributed by atoms with Crippen LogP contribution in [-0.2, 0) is 6.42 Å². The van der Waals surface area contributed by atoms with Gasteiger partial charge in [-0.2, -0.15) is 0 Å². The standard InChI is InChI=1S/C17H23BrFN/c18-17-8-5-15(19)10-13(17)9-14(11-20-16-6-7-16)12-3-1-2-4-12/h5,8,10,12,14,16,20H,1-4,6-7,9,11H2. The van der Waals surface area contributed by atoms with E-state index in [2.05, 4.69) is 21.2 Å². The summed E-state index contributed by atoms with van der Waals surface area (Å²) in [5.41, 5.74) is 1.12. The molecule has 0 aliphatic heterocycles. The van der Waals surface area contributed by atoms with Crippen molar-refractivity contribution < 1.29 is 4.39 Å². The molecule has 1 nitrogen and oxygen atoms in total. The first-order valence-electron chi connectivity index (χ1n) is 7.89. The van der Waals surface area contributed by atoms with E-state index < -0.39 is 0 Å². The molecule has 2 fully saturated rings. The van der Waals surface area contributed by atoms with Gasteiger partial charge in [0.1, 0.15) is 5.82 Å². The van der Waals surface area contributed by atoms with E-state index in [1.807, 2.05) is 6.07 Å². The fraction of sp³-hybridized carbons (Fsp3) is 0.647. The van der Waals surface area contributed by atoms with Crippen LogP contribution in [0, 0.1) is 17.7 Å². The van der Waals surface area contributed by atoms with Gasteiger partial charge in [-0.25, -0.2) is 4.39 Å². The molecule has 0 amide bonds. The van der Waals surface area contributed by atoms with E-state index in [9.17, 15) is 4.39 Å². The third-order valence-electron chi connectivity index (χ3n) is 4.80. The summed E-state index contributed by atoms with van der Waals surface area (Å²) in [6, 6.07) is 5.82. The Hall–Kier alpha value is -0.410. The second kappa shape index (κ2) is 6.57. The maximum Gasteiger partial charge on any atom is 0.123 e. The van der Waals surface area contributed by atoms with E-state index >= 15 is 0 Å². The van der Waals surface area contributed by atoms with Gasteiger partial charge in [0.25, 0.3) is 0 Å². The highest BCUT2D eigenvalue weighted by atomic mass is 79.9. The molecular formula is C17H23BrFN. The van der Waals surface area contributed by atoms with Gasteiger partial charge in [-0.1, -0.05) is 41.6 Å². The van der Waals surface area contributed by atoms with Crippen molar-refractivity contribution in [2.24, 2.45) is 11.8 Å². The van der Waals surface area contributed by atoms with Crippen LogP contribution in [0.5, 0.6) is 0 Å². The average Bonchev–Trinajstić information content (AvgIpc) is 3.10. The number of nitrogens with one attached hydrogen (secondary N) is 1. The highest BCUT2D eigenvalue weighted by molar-refractivity contribution is 9.10. The maximum absolute atomic E-state index is 13.5. The minimum Gasteiger partial charge on any atom is -0.314 e. The smallest absolute Gasteiger partial charge is 0.123 e. The van der Waals surface area contributed by atoms with Crippen LogP contribution in [0.4, 0.5) is 4.39 Å². The average molecular weight is 340 g/mol. The lowest BCUT2D eigenvalue weighted by Gasteiger charge is -2.24. The molecule has 0 spiro atoms. The number of hydrogen-bond donors (Lipinski definition) is 1. The SMILES string of the molecule is Fc1ccc(Br)c(CC(CNC2CC2)C2CCCC2)c1. The topological polar surface area (TPSA) is 12.0 Å². The third-order valence-corrected chi connectivity index (χ3v) is 5.58. The number of hydrogen-bond acceptors (Lipinski definition) is 1. The normalized spacial score (nSPS) is 21.3. The van der Waals surface area contributed by atoms with Gasteiger partial charge in [0.2, 0.25) is 0 Å². The Labute approximate surface area is 129 Å². The van der Waals surface area contributed by atoms with Crippen LogP contribution in [0.1, 0.15) is 44.1 Å². The fourth-order valence-corrected chi connectivity index (χ4v) is 3.83. The van der Waals surface area contributed by atoms with Crippen molar-refractivity contribution in [2.45, 2.75) is 51.0 Å². The predicted molar refractivity (Wildman–Crippen MR) is 84.3 cm³/mol. The van der Waals surface area contributed by atoms with Crippen LogP contribution < -0.4 is 5.32 Å². The minimum absolute atomic E-state index is 0.122. The molecule has 3 rings (SSSR count). The molecule has 0 radical (unpaired) electrons. The van der Waals surface area contributed by atoms with Gasteiger partial charge in [-0.15, -0.1) is 0 Å². The van der Waals surface area contributed by atoms with E-state index in [1.54, 1.807) is 6.07 Å². The van der Waals surface area contributed by atoms with Crippen LogP contribution in [0.2, 0.25) is 0 Å². The molecule has 0 bridgehead atoms. The largest absolute Gasteiger partial charge is 0.314 e. The Morgan fingerprint density at radius 2 is 1.95 bits per heavy atom. The second-order valence-corrected chi connectivity index (χ2v) is 7.28. The molecule has 0 aromatic heterocycles. The fourth-order valence-electron chi connectivity index (χ4n) is 3.42. The van der Waals surface area contributed by atoms with Crippen molar-refractivity contribution >= 4 is 15.9 Å². The van der Waals surface area contributed by atoms with E-state index in [0.717, 1.165) is 35.0 Å². The van der Waals surface area contributed by atoms with Crippen LogP contribution in [0.3, 0.4) is 0 Å². The molecule has 0 saturated heterocycles. The molecule has 20 heavy (non-hydrogen) atoms. The molecule has 2 aliphatic carbocycles. The molecule has 1 aromatic carbocycles. The molecular weight excluding hydrogens is 317 g/mol. The maximum atomic E-state index is 13.5. The van der Waals surface area contributed by atoms with Crippen LogP contribution in [0.25, 0.3) is 0 Å². The third kappa shape index (κ3) is 3.82. The van der Waals surface area contributed by atoms with Gasteiger partial charge in [0, 0.05) is 10.5 Å². The summed E-state index contributed by atoms with van der Waals surface area (Å²) in [5.74, 6) is 1.34. The molecule has 2 aliphatic rings. The van der Waals surface area contributed by atoms with Crippen molar-refractivity contribution in [1.82, 2.24) is 5.32 Å². The van der Waals surface area contributed by atoms with Crippen molar-refractivity contribution in [2.75, 3.05) is 6.54 Å². The summed E-state index contributed by atoms with van der Waals surface area (Å²) < 4.78 is 14.5. The molecule has 1 N–H and O–H groups in total. The predicted octanol–water partition coefficient (Wildman–Crippen LogP) is 4.69. The lowest BCUT2D eigenvalue weighted by Crippen LogP contribution is -2.30. The van der Waals surface area contributed by atoms with E-state index in [1.165, 1.54) is 44.6 Å². The summed E-state index contributed by atoms with van der Waals surface area (Å²) in [7, 11) is 0. The van der Waals surface area contributed by atoms with Crippen LogP contribution in [-0.4, -0.2) is 12.6 Å². The van der Waals surface area contributed by atoms with Gasteiger partial charge in [-0.05, 0) is 61.4 Å². The van der Waals surface area contributed by atoms with Crippen molar-refractivity contribution in [3.8, 4) is 0 Å². The lowest BCUT2D eigenvalue weighted by atomic mass is 9.85. The Bertz CT molecular complexity index is 452. The van der Waals surface area contributed by atoms with Gasteiger partial charge in [0.05, 0.1) is 0 Å². The van der Waals surface area contributed by atoms with E-state index in [0.29, 0.717) is 5.92 Å². The lowest BCUT2D eigenvalue weighted by molar-refractivity contribution is 0.319. The molecule has 1 unspecified atom stereocenters. The first-order valence-corrected chi connectivity index (χ1v) is 8.69. The quantitative estimate of drug-likeness (QED) is 0.792.